The predicted octanol–water partition coefficient (Wildman–Crippen LogP) is 2.06. The summed E-state index contributed by atoms with van der Waals surface area (Å²) in [5, 5.41) is 8.40. The van der Waals surface area contributed by atoms with Gasteiger partial charge in [-0.15, -0.1) is 0 Å². The van der Waals surface area contributed by atoms with Crippen molar-refractivity contribution < 1.29 is 5.11 Å². The molecule has 0 spiro atoms. The van der Waals surface area contributed by atoms with Crippen LogP contribution in [0.1, 0.15) is 12.8 Å². The minimum atomic E-state index is 0.273. The second kappa shape index (κ2) is 8.18. The molecular weight excluding hydrogens is 124 g/mol. The summed E-state index contributed by atoms with van der Waals surface area (Å²) >= 11 is 0. The van der Waals surface area contributed by atoms with Crippen molar-refractivity contribution in [2.45, 2.75) is 12.8 Å². The molecule has 0 aliphatic rings. The molecule has 0 saturated carbocycles. The Kier molecular flexibility index (Phi) is 7.51. The first-order chi connectivity index (χ1) is 4.91. The molecule has 0 unspecified atom stereocenters. The molecule has 0 aromatic carbocycles. The maximum Gasteiger partial charge on any atom is 0.0433 e. The molecule has 0 amide bonds. The van der Waals surface area contributed by atoms with Gasteiger partial charge in [0.15, 0.2) is 0 Å². The van der Waals surface area contributed by atoms with E-state index in [9.17, 15) is 0 Å². The van der Waals surface area contributed by atoms with Gasteiger partial charge in [-0.3, -0.25) is 0 Å². The largest absolute Gasteiger partial charge is 0.396 e. The van der Waals surface area contributed by atoms with Crippen LogP contribution in [0.2, 0.25) is 0 Å². The van der Waals surface area contributed by atoms with Crippen molar-refractivity contribution in [1.29, 1.82) is 0 Å². The Labute approximate surface area is 62.4 Å². The van der Waals surface area contributed by atoms with Crippen molar-refractivity contribution in [2.75, 3.05) is 6.61 Å². The molecule has 1 N–H and O–H groups in total. The molecule has 0 radical (unpaired) electrons. The predicted molar refractivity (Wildman–Crippen MR) is 44.8 cm³/mol. The first-order valence-electron chi connectivity index (χ1n) is 3.47. The van der Waals surface area contributed by atoms with Gasteiger partial charge in [0.1, 0.15) is 0 Å². The van der Waals surface area contributed by atoms with Crippen LogP contribution in [0, 0.1) is 0 Å². The van der Waals surface area contributed by atoms with Gasteiger partial charge in [0.2, 0.25) is 0 Å². The summed E-state index contributed by atoms with van der Waals surface area (Å²) in [7, 11) is 0. The number of aliphatic hydroxyl groups excluding tert-OH is 1. The summed E-state index contributed by atoms with van der Waals surface area (Å²) in [6.45, 7) is 3.81. The molecule has 0 saturated heterocycles. The molecule has 0 atom stereocenters. The topological polar surface area (TPSA) is 20.2 Å². The highest BCUT2D eigenvalue weighted by Crippen LogP contribution is 1.89. The third kappa shape index (κ3) is 7.18. The molecule has 0 heterocycles. The number of unbranched alkanes of at least 4 members (excludes halogenated alkanes) is 1. The lowest BCUT2D eigenvalue weighted by atomic mass is 10.3. The van der Waals surface area contributed by atoms with Crippen LogP contribution in [0.3, 0.4) is 0 Å². The standard InChI is InChI=1S/C9H14O/c1-2-3-4-5-6-7-8-9-10/h2-6,10H,1,7-9H2. The van der Waals surface area contributed by atoms with E-state index in [2.05, 4.69) is 6.58 Å². The van der Waals surface area contributed by atoms with Crippen LogP contribution < -0.4 is 0 Å². The quantitative estimate of drug-likeness (QED) is 0.455. The second-order valence-electron chi connectivity index (χ2n) is 1.91. The van der Waals surface area contributed by atoms with Gasteiger partial charge < -0.3 is 5.11 Å². The van der Waals surface area contributed by atoms with Crippen LogP contribution in [-0.2, 0) is 0 Å². The van der Waals surface area contributed by atoms with Crippen molar-refractivity contribution in [3.8, 4) is 0 Å². The highest BCUT2D eigenvalue weighted by Gasteiger charge is 1.75. The Bertz CT molecular complexity index is 123. The van der Waals surface area contributed by atoms with Crippen LogP contribution in [0.4, 0.5) is 0 Å². The van der Waals surface area contributed by atoms with Crippen molar-refractivity contribution in [2.24, 2.45) is 0 Å². The fourth-order valence-corrected chi connectivity index (χ4v) is 0.527. The Morgan fingerprint density at radius 3 is 2.60 bits per heavy atom. The monoisotopic (exact) mass is 138 g/mol. The smallest absolute Gasteiger partial charge is 0.0433 e. The van der Waals surface area contributed by atoms with E-state index in [1.165, 1.54) is 0 Å². The normalized spacial score (nSPS) is 11.3. The van der Waals surface area contributed by atoms with Gasteiger partial charge in [0, 0.05) is 6.61 Å². The van der Waals surface area contributed by atoms with Crippen molar-refractivity contribution in [3.05, 3.63) is 37.0 Å². The van der Waals surface area contributed by atoms with E-state index in [1.54, 1.807) is 6.08 Å². The maximum absolute atomic E-state index is 8.40. The highest BCUT2D eigenvalue weighted by atomic mass is 16.2. The second-order valence-corrected chi connectivity index (χ2v) is 1.91. The maximum atomic E-state index is 8.40. The fraction of sp³-hybridized carbons (Fsp3) is 0.333. The van der Waals surface area contributed by atoms with Gasteiger partial charge in [0.05, 0.1) is 0 Å². The molecule has 0 aliphatic heterocycles. The zero-order chi connectivity index (χ0) is 7.66. The number of hydrogen-bond acceptors (Lipinski definition) is 1. The van der Waals surface area contributed by atoms with E-state index in [-0.39, 0.29) is 6.61 Å². The van der Waals surface area contributed by atoms with Gasteiger partial charge in [-0.2, -0.15) is 0 Å². The minimum Gasteiger partial charge on any atom is -0.396 e. The van der Waals surface area contributed by atoms with Crippen molar-refractivity contribution in [1.82, 2.24) is 0 Å². The van der Waals surface area contributed by atoms with Gasteiger partial charge in [-0.25, -0.2) is 0 Å². The first kappa shape index (κ1) is 9.18. The van der Waals surface area contributed by atoms with Crippen LogP contribution >= 0.6 is 0 Å². The Morgan fingerprint density at radius 1 is 1.20 bits per heavy atom. The molecule has 0 aromatic heterocycles. The summed E-state index contributed by atoms with van der Waals surface area (Å²) < 4.78 is 0. The summed E-state index contributed by atoms with van der Waals surface area (Å²) in [4.78, 5) is 0. The average molecular weight is 138 g/mol. The van der Waals surface area contributed by atoms with E-state index >= 15 is 0 Å². The first-order valence-corrected chi connectivity index (χ1v) is 3.47. The van der Waals surface area contributed by atoms with Crippen LogP contribution in [0.25, 0.3) is 0 Å². The minimum absolute atomic E-state index is 0.273. The van der Waals surface area contributed by atoms with Gasteiger partial charge >= 0.3 is 0 Å². The Balaban J connectivity index is 3.19. The number of aliphatic hydroxyl groups is 1. The molecular formula is C9H14O. The van der Waals surface area contributed by atoms with E-state index in [0.717, 1.165) is 12.8 Å². The zero-order valence-corrected chi connectivity index (χ0v) is 6.16. The molecule has 0 aromatic rings. The molecule has 0 bridgehead atoms. The van der Waals surface area contributed by atoms with Gasteiger partial charge in [-0.1, -0.05) is 37.0 Å². The van der Waals surface area contributed by atoms with Crippen LogP contribution in [-0.4, -0.2) is 11.7 Å². The molecule has 10 heavy (non-hydrogen) atoms. The number of allylic oxidation sites excluding steroid dienone is 5. The zero-order valence-electron chi connectivity index (χ0n) is 6.16. The Hall–Kier alpha value is -0.820. The molecule has 0 aliphatic carbocycles. The van der Waals surface area contributed by atoms with Crippen LogP contribution in [0.15, 0.2) is 37.0 Å². The SMILES string of the molecule is C=CC=CC=CCCCO. The lowest BCUT2D eigenvalue weighted by Gasteiger charge is -1.84. The van der Waals surface area contributed by atoms with E-state index in [1.807, 2.05) is 24.3 Å². The summed E-state index contributed by atoms with van der Waals surface area (Å²) in [6.07, 6.45) is 11.3. The van der Waals surface area contributed by atoms with Crippen molar-refractivity contribution in [3.63, 3.8) is 0 Å². The van der Waals surface area contributed by atoms with Crippen LogP contribution in [0.5, 0.6) is 0 Å². The molecule has 56 valence electrons. The third-order valence-electron chi connectivity index (χ3n) is 1.02. The third-order valence-corrected chi connectivity index (χ3v) is 1.02. The van der Waals surface area contributed by atoms with Gasteiger partial charge in [-0.05, 0) is 12.8 Å². The average Bonchev–Trinajstić information content (AvgIpc) is 1.97. The summed E-state index contributed by atoms with van der Waals surface area (Å²) in [5.74, 6) is 0. The molecule has 1 nitrogen and oxygen atoms in total. The van der Waals surface area contributed by atoms with Crippen molar-refractivity contribution >= 4 is 0 Å². The van der Waals surface area contributed by atoms with Gasteiger partial charge in [0.25, 0.3) is 0 Å². The summed E-state index contributed by atoms with van der Waals surface area (Å²) in [5.41, 5.74) is 0. The van der Waals surface area contributed by atoms with E-state index < -0.39 is 0 Å². The fourth-order valence-electron chi connectivity index (χ4n) is 0.527. The molecule has 0 rings (SSSR count). The molecule has 0 fully saturated rings. The molecule has 1 heteroatoms. The number of rotatable bonds is 5. The summed E-state index contributed by atoms with van der Waals surface area (Å²) in [6, 6.07) is 0. The lowest BCUT2D eigenvalue weighted by molar-refractivity contribution is 0.289. The highest BCUT2D eigenvalue weighted by molar-refractivity contribution is 5.08. The van der Waals surface area contributed by atoms with E-state index in [0.29, 0.717) is 0 Å². The Morgan fingerprint density at radius 2 is 2.00 bits per heavy atom. The number of hydrogen-bond donors (Lipinski definition) is 1. The van der Waals surface area contributed by atoms with E-state index in [4.69, 9.17) is 5.11 Å². The lowest BCUT2D eigenvalue weighted by Crippen LogP contribution is -1.77.